The van der Waals surface area contributed by atoms with Crippen molar-refractivity contribution in [2.24, 2.45) is 11.3 Å². The third-order valence-electron chi connectivity index (χ3n) is 2.63. The standard InChI is InChI=1S/C12H26O/c1-5-6-7-8-11(2)9-12(3,4)10-13/h11,13H,5-10H2,1-4H3. The van der Waals surface area contributed by atoms with Crippen LogP contribution in [0.5, 0.6) is 0 Å². The summed E-state index contributed by atoms with van der Waals surface area (Å²) in [6, 6.07) is 0. The molecule has 0 fully saturated rings. The third kappa shape index (κ3) is 7.06. The lowest BCUT2D eigenvalue weighted by Crippen LogP contribution is -2.20. The maximum absolute atomic E-state index is 9.11. The second kappa shape index (κ2) is 6.42. The van der Waals surface area contributed by atoms with E-state index in [9.17, 15) is 0 Å². The number of aliphatic hydroxyl groups is 1. The fraction of sp³-hybridized carbons (Fsp3) is 1.00. The monoisotopic (exact) mass is 186 g/mol. The average molecular weight is 186 g/mol. The van der Waals surface area contributed by atoms with E-state index in [1.165, 1.54) is 25.7 Å². The largest absolute Gasteiger partial charge is 0.396 e. The van der Waals surface area contributed by atoms with Gasteiger partial charge in [-0.2, -0.15) is 0 Å². The van der Waals surface area contributed by atoms with E-state index in [1.807, 2.05) is 0 Å². The topological polar surface area (TPSA) is 20.2 Å². The molecular formula is C12H26O. The lowest BCUT2D eigenvalue weighted by molar-refractivity contribution is 0.130. The van der Waals surface area contributed by atoms with Crippen molar-refractivity contribution in [1.82, 2.24) is 0 Å². The number of aliphatic hydroxyl groups excluding tert-OH is 1. The Bertz CT molecular complexity index is 118. The highest BCUT2D eigenvalue weighted by atomic mass is 16.3. The van der Waals surface area contributed by atoms with Crippen molar-refractivity contribution in [1.29, 1.82) is 0 Å². The van der Waals surface area contributed by atoms with Gasteiger partial charge in [0.1, 0.15) is 0 Å². The zero-order chi connectivity index (χ0) is 10.3. The van der Waals surface area contributed by atoms with Crippen molar-refractivity contribution in [2.45, 2.75) is 59.8 Å². The Balaban J connectivity index is 3.55. The zero-order valence-corrected chi connectivity index (χ0v) is 9.77. The second-order valence-corrected chi connectivity index (χ2v) is 5.13. The summed E-state index contributed by atoms with van der Waals surface area (Å²) in [7, 11) is 0. The summed E-state index contributed by atoms with van der Waals surface area (Å²) in [6.45, 7) is 9.13. The summed E-state index contributed by atoms with van der Waals surface area (Å²) < 4.78 is 0. The van der Waals surface area contributed by atoms with Gasteiger partial charge < -0.3 is 5.11 Å². The summed E-state index contributed by atoms with van der Waals surface area (Å²) in [6.07, 6.45) is 6.46. The maximum Gasteiger partial charge on any atom is 0.0482 e. The van der Waals surface area contributed by atoms with Crippen LogP contribution in [0, 0.1) is 11.3 Å². The van der Waals surface area contributed by atoms with E-state index in [2.05, 4.69) is 27.7 Å². The van der Waals surface area contributed by atoms with Crippen molar-refractivity contribution < 1.29 is 5.11 Å². The summed E-state index contributed by atoms with van der Waals surface area (Å²) in [4.78, 5) is 0. The SMILES string of the molecule is CCCCCC(C)CC(C)(C)CO. The van der Waals surface area contributed by atoms with Gasteiger partial charge in [-0.1, -0.05) is 53.4 Å². The van der Waals surface area contributed by atoms with Gasteiger partial charge in [-0.25, -0.2) is 0 Å². The second-order valence-electron chi connectivity index (χ2n) is 5.13. The van der Waals surface area contributed by atoms with Crippen molar-refractivity contribution in [3.8, 4) is 0 Å². The van der Waals surface area contributed by atoms with Gasteiger partial charge >= 0.3 is 0 Å². The predicted molar refractivity (Wildman–Crippen MR) is 58.8 cm³/mol. The van der Waals surface area contributed by atoms with Gasteiger partial charge in [0.2, 0.25) is 0 Å². The highest BCUT2D eigenvalue weighted by molar-refractivity contribution is 4.70. The van der Waals surface area contributed by atoms with E-state index in [0.29, 0.717) is 6.61 Å². The van der Waals surface area contributed by atoms with E-state index in [1.54, 1.807) is 0 Å². The van der Waals surface area contributed by atoms with Crippen LogP contribution in [0.3, 0.4) is 0 Å². The molecule has 0 bridgehead atoms. The first-order chi connectivity index (χ1) is 6.02. The van der Waals surface area contributed by atoms with Gasteiger partial charge in [0, 0.05) is 6.61 Å². The quantitative estimate of drug-likeness (QED) is 0.602. The maximum atomic E-state index is 9.11. The van der Waals surface area contributed by atoms with Gasteiger partial charge in [0.15, 0.2) is 0 Å². The number of hydrogen-bond donors (Lipinski definition) is 1. The smallest absolute Gasteiger partial charge is 0.0482 e. The number of unbranched alkanes of at least 4 members (excludes halogenated alkanes) is 2. The Kier molecular flexibility index (Phi) is 6.40. The molecular weight excluding hydrogens is 160 g/mol. The first kappa shape index (κ1) is 13.0. The molecule has 0 aliphatic rings. The minimum Gasteiger partial charge on any atom is -0.396 e. The van der Waals surface area contributed by atoms with Crippen LogP contribution < -0.4 is 0 Å². The highest BCUT2D eigenvalue weighted by Crippen LogP contribution is 2.27. The Morgan fingerprint density at radius 3 is 2.31 bits per heavy atom. The lowest BCUT2D eigenvalue weighted by atomic mass is 9.82. The Hall–Kier alpha value is -0.0400. The van der Waals surface area contributed by atoms with Crippen LogP contribution in [0.1, 0.15) is 59.8 Å². The van der Waals surface area contributed by atoms with Gasteiger partial charge in [-0.3, -0.25) is 0 Å². The molecule has 0 aliphatic carbocycles. The summed E-state index contributed by atoms with van der Waals surface area (Å²) in [5.74, 6) is 0.758. The van der Waals surface area contributed by atoms with Crippen LogP contribution >= 0.6 is 0 Å². The molecule has 0 aliphatic heterocycles. The van der Waals surface area contributed by atoms with Gasteiger partial charge in [0.05, 0.1) is 0 Å². The molecule has 0 radical (unpaired) electrons. The first-order valence-electron chi connectivity index (χ1n) is 5.62. The lowest BCUT2D eigenvalue weighted by Gasteiger charge is -2.25. The molecule has 0 saturated heterocycles. The molecule has 0 heterocycles. The Morgan fingerprint density at radius 2 is 1.85 bits per heavy atom. The highest BCUT2D eigenvalue weighted by Gasteiger charge is 2.19. The Labute approximate surface area is 83.5 Å². The minimum absolute atomic E-state index is 0.117. The molecule has 1 heteroatoms. The summed E-state index contributed by atoms with van der Waals surface area (Å²) in [5.41, 5.74) is 0.117. The van der Waals surface area contributed by atoms with Crippen LogP contribution in [-0.2, 0) is 0 Å². The van der Waals surface area contributed by atoms with E-state index < -0.39 is 0 Å². The van der Waals surface area contributed by atoms with Crippen molar-refractivity contribution in [3.63, 3.8) is 0 Å². The third-order valence-corrected chi connectivity index (χ3v) is 2.63. The minimum atomic E-state index is 0.117. The van der Waals surface area contributed by atoms with Crippen LogP contribution in [-0.4, -0.2) is 11.7 Å². The molecule has 0 amide bonds. The van der Waals surface area contributed by atoms with Gasteiger partial charge in [-0.05, 0) is 17.8 Å². The van der Waals surface area contributed by atoms with E-state index in [0.717, 1.165) is 12.3 Å². The molecule has 1 nitrogen and oxygen atoms in total. The molecule has 13 heavy (non-hydrogen) atoms. The molecule has 0 aromatic carbocycles. The molecule has 1 atom stereocenters. The molecule has 0 rings (SSSR count). The first-order valence-corrected chi connectivity index (χ1v) is 5.62. The van der Waals surface area contributed by atoms with Gasteiger partial charge in [-0.15, -0.1) is 0 Å². The predicted octanol–water partition coefficient (Wildman–Crippen LogP) is 3.61. The molecule has 0 aromatic heterocycles. The Morgan fingerprint density at radius 1 is 1.23 bits per heavy atom. The average Bonchev–Trinajstić information content (AvgIpc) is 2.04. The van der Waals surface area contributed by atoms with Crippen molar-refractivity contribution in [3.05, 3.63) is 0 Å². The van der Waals surface area contributed by atoms with Crippen LogP contribution in [0.2, 0.25) is 0 Å². The molecule has 0 saturated carbocycles. The molecule has 1 N–H and O–H groups in total. The van der Waals surface area contributed by atoms with Crippen LogP contribution in [0.15, 0.2) is 0 Å². The zero-order valence-electron chi connectivity index (χ0n) is 9.77. The summed E-state index contributed by atoms with van der Waals surface area (Å²) >= 11 is 0. The number of hydrogen-bond acceptors (Lipinski definition) is 1. The van der Waals surface area contributed by atoms with Crippen molar-refractivity contribution >= 4 is 0 Å². The van der Waals surface area contributed by atoms with Crippen LogP contribution in [0.4, 0.5) is 0 Å². The molecule has 80 valence electrons. The summed E-state index contributed by atoms with van der Waals surface area (Å²) in [5, 5.41) is 9.11. The molecule has 0 spiro atoms. The van der Waals surface area contributed by atoms with E-state index in [4.69, 9.17) is 5.11 Å². The van der Waals surface area contributed by atoms with Crippen molar-refractivity contribution in [2.75, 3.05) is 6.61 Å². The van der Waals surface area contributed by atoms with Crippen LogP contribution in [0.25, 0.3) is 0 Å². The van der Waals surface area contributed by atoms with E-state index >= 15 is 0 Å². The molecule has 0 aromatic rings. The normalized spacial score (nSPS) is 14.5. The molecule has 1 unspecified atom stereocenters. The number of rotatable bonds is 7. The fourth-order valence-electron chi connectivity index (χ4n) is 1.85. The van der Waals surface area contributed by atoms with E-state index in [-0.39, 0.29) is 5.41 Å². The van der Waals surface area contributed by atoms with Gasteiger partial charge in [0.25, 0.3) is 0 Å². The fourth-order valence-corrected chi connectivity index (χ4v) is 1.85.